The molecule has 1 aliphatic heterocycles. The predicted octanol–water partition coefficient (Wildman–Crippen LogP) is 5.15. The third-order valence-corrected chi connectivity index (χ3v) is 6.25. The summed E-state index contributed by atoms with van der Waals surface area (Å²) in [6.07, 6.45) is 1.47. The highest BCUT2D eigenvalue weighted by molar-refractivity contribution is 9.10. The summed E-state index contributed by atoms with van der Waals surface area (Å²) in [4.78, 5) is 25.4. The Hall–Kier alpha value is -3.29. The quantitative estimate of drug-likeness (QED) is 0.366. The summed E-state index contributed by atoms with van der Waals surface area (Å²) >= 11 is 10.0. The van der Waals surface area contributed by atoms with Crippen LogP contribution in [0.3, 0.4) is 0 Å². The highest BCUT2D eigenvalue weighted by atomic mass is 79.9. The van der Waals surface area contributed by atoms with E-state index in [4.69, 9.17) is 21.1 Å². The number of ether oxygens (including phenoxy) is 2. The number of benzene rings is 3. The van der Waals surface area contributed by atoms with Crippen LogP contribution in [0, 0.1) is 0 Å². The van der Waals surface area contributed by atoms with E-state index in [2.05, 4.69) is 21.4 Å². The van der Waals surface area contributed by atoms with Gasteiger partial charge in [-0.05, 0) is 51.3 Å². The first kappa shape index (κ1) is 21.9. The molecule has 1 fully saturated rings. The molecule has 1 heterocycles. The number of carbonyl (C=O) groups excluding carboxylic acids is 2. The summed E-state index contributed by atoms with van der Waals surface area (Å²) < 4.78 is 11.8. The van der Waals surface area contributed by atoms with Gasteiger partial charge in [-0.25, -0.2) is 5.01 Å². The molecule has 0 unspecified atom stereocenters. The summed E-state index contributed by atoms with van der Waals surface area (Å²) in [6, 6.07) is 20.2. The van der Waals surface area contributed by atoms with Gasteiger partial charge in [0.1, 0.15) is 17.2 Å². The number of nitrogens with zero attached hydrogens (tertiary/aromatic N) is 1. The Morgan fingerprint density at radius 2 is 1.72 bits per heavy atom. The molecule has 0 saturated carbocycles. The zero-order chi connectivity index (χ0) is 22.7. The Bertz CT molecular complexity index is 1200. The van der Waals surface area contributed by atoms with E-state index in [-0.39, 0.29) is 10.6 Å². The van der Waals surface area contributed by atoms with Crippen molar-refractivity contribution in [2.75, 3.05) is 12.1 Å². The monoisotopic (exact) mass is 512 g/mol. The van der Waals surface area contributed by atoms with Gasteiger partial charge in [0.15, 0.2) is 11.5 Å². The minimum Gasteiger partial charge on any atom is -0.493 e. The molecule has 0 aliphatic carbocycles. The van der Waals surface area contributed by atoms with Gasteiger partial charge in [-0.3, -0.25) is 15.0 Å². The van der Waals surface area contributed by atoms with Gasteiger partial charge in [-0.1, -0.05) is 60.1 Å². The highest BCUT2D eigenvalue weighted by Crippen LogP contribution is 2.43. The van der Waals surface area contributed by atoms with Crippen LogP contribution in [0.2, 0.25) is 5.02 Å². The van der Waals surface area contributed by atoms with Crippen molar-refractivity contribution in [2.45, 2.75) is 6.61 Å². The van der Waals surface area contributed by atoms with Crippen LogP contribution in [0.1, 0.15) is 11.1 Å². The number of methoxy groups -OCH3 is 1. The van der Waals surface area contributed by atoms with E-state index in [0.29, 0.717) is 33.8 Å². The van der Waals surface area contributed by atoms with Crippen molar-refractivity contribution in [3.05, 3.63) is 92.9 Å². The van der Waals surface area contributed by atoms with E-state index in [1.165, 1.54) is 18.2 Å². The van der Waals surface area contributed by atoms with Crippen LogP contribution < -0.4 is 19.9 Å². The third kappa shape index (κ3) is 4.35. The number of carbonyl (C=O) groups is 2. The van der Waals surface area contributed by atoms with Crippen LogP contribution in [-0.2, 0) is 16.2 Å². The first-order chi connectivity index (χ1) is 15.5. The molecule has 162 valence electrons. The lowest BCUT2D eigenvalue weighted by molar-refractivity contribution is -0.117. The number of para-hydroxylation sites is 1. The number of hydrazine groups is 1. The molecular formula is C24H18BrClN2O4. The molecule has 0 atom stereocenters. The van der Waals surface area contributed by atoms with E-state index < -0.39 is 11.8 Å². The Morgan fingerprint density at radius 3 is 2.38 bits per heavy atom. The molecule has 0 radical (unpaired) electrons. The van der Waals surface area contributed by atoms with Crippen molar-refractivity contribution in [3.8, 4) is 11.5 Å². The van der Waals surface area contributed by atoms with Gasteiger partial charge in [-0.15, -0.1) is 0 Å². The topological polar surface area (TPSA) is 67.9 Å². The smallest absolute Gasteiger partial charge is 0.282 e. The number of anilines is 1. The maximum atomic E-state index is 12.9. The summed E-state index contributed by atoms with van der Waals surface area (Å²) in [7, 11) is 1.50. The lowest BCUT2D eigenvalue weighted by atomic mass is 10.1. The van der Waals surface area contributed by atoms with Gasteiger partial charge in [-0.2, -0.15) is 0 Å². The third-order valence-electron chi connectivity index (χ3n) is 4.81. The summed E-state index contributed by atoms with van der Waals surface area (Å²) in [5, 5.41) is 1.48. The lowest BCUT2D eigenvalue weighted by Crippen LogP contribution is -2.35. The second-order valence-corrected chi connectivity index (χ2v) is 8.05. The van der Waals surface area contributed by atoms with Crippen molar-refractivity contribution < 1.29 is 19.1 Å². The maximum Gasteiger partial charge on any atom is 0.282 e. The molecule has 32 heavy (non-hydrogen) atoms. The van der Waals surface area contributed by atoms with Crippen LogP contribution in [0.15, 0.2) is 76.8 Å². The molecular weight excluding hydrogens is 496 g/mol. The highest BCUT2D eigenvalue weighted by Gasteiger charge is 2.34. The standard InChI is InChI=1S/C24H18BrClN2O4/c1-31-19-13-16(20(25)21(26)22(19)32-14-15-8-4-2-5-9-15)12-18-23(29)27-28(24(18)30)17-10-6-3-7-11-17/h2-13H,14H2,1H3,(H,27,29)/b18-12-. The first-order valence-electron chi connectivity index (χ1n) is 9.64. The van der Waals surface area contributed by atoms with Crippen LogP contribution in [0.4, 0.5) is 5.69 Å². The van der Waals surface area contributed by atoms with Crippen molar-refractivity contribution in [1.29, 1.82) is 0 Å². The average Bonchev–Trinajstić information content (AvgIpc) is 3.10. The molecule has 1 aliphatic rings. The average molecular weight is 514 g/mol. The minimum absolute atomic E-state index is 0.0226. The normalized spacial score (nSPS) is 14.6. The van der Waals surface area contributed by atoms with E-state index in [1.807, 2.05) is 36.4 Å². The van der Waals surface area contributed by atoms with Crippen molar-refractivity contribution in [1.82, 2.24) is 5.43 Å². The number of amides is 2. The van der Waals surface area contributed by atoms with Gasteiger partial charge in [0.25, 0.3) is 11.8 Å². The number of halogens is 2. The zero-order valence-corrected chi connectivity index (χ0v) is 19.3. The Kier molecular flexibility index (Phi) is 6.48. The van der Waals surface area contributed by atoms with Crippen LogP contribution in [0.25, 0.3) is 6.08 Å². The first-order valence-corrected chi connectivity index (χ1v) is 10.8. The Labute approximate surface area is 198 Å². The van der Waals surface area contributed by atoms with E-state index in [1.54, 1.807) is 30.3 Å². The number of rotatable bonds is 6. The predicted molar refractivity (Wildman–Crippen MR) is 127 cm³/mol. The fourth-order valence-corrected chi connectivity index (χ4v) is 3.86. The number of hydrogen-bond donors (Lipinski definition) is 1. The van der Waals surface area contributed by atoms with Crippen LogP contribution in [-0.4, -0.2) is 18.9 Å². The van der Waals surface area contributed by atoms with Gasteiger partial charge < -0.3 is 9.47 Å². The zero-order valence-electron chi connectivity index (χ0n) is 17.0. The Balaban J connectivity index is 1.65. The fraction of sp³-hybridized carbons (Fsp3) is 0.0833. The van der Waals surface area contributed by atoms with E-state index in [9.17, 15) is 9.59 Å². The largest absolute Gasteiger partial charge is 0.493 e. The Morgan fingerprint density at radius 1 is 1.06 bits per heavy atom. The summed E-state index contributed by atoms with van der Waals surface area (Å²) in [5.41, 5.74) is 4.60. The van der Waals surface area contributed by atoms with E-state index >= 15 is 0 Å². The number of nitrogens with one attached hydrogen (secondary N) is 1. The molecule has 1 N–H and O–H groups in total. The fourth-order valence-electron chi connectivity index (χ4n) is 3.20. The van der Waals surface area contributed by atoms with Crippen molar-refractivity contribution in [3.63, 3.8) is 0 Å². The molecule has 3 aromatic carbocycles. The van der Waals surface area contributed by atoms with Crippen molar-refractivity contribution in [2.24, 2.45) is 0 Å². The molecule has 0 spiro atoms. The second kappa shape index (κ2) is 9.46. The molecule has 0 bridgehead atoms. The van der Waals surface area contributed by atoms with Crippen LogP contribution in [0.5, 0.6) is 11.5 Å². The maximum absolute atomic E-state index is 12.9. The van der Waals surface area contributed by atoms with E-state index in [0.717, 1.165) is 5.56 Å². The molecule has 4 rings (SSSR count). The van der Waals surface area contributed by atoms with Gasteiger partial charge in [0, 0.05) is 4.47 Å². The van der Waals surface area contributed by atoms with Gasteiger partial charge in [0.05, 0.1) is 12.8 Å². The molecule has 0 aromatic heterocycles. The van der Waals surface area contributed by atoms with Crippen LogP contribution >= 0.6 is 27.5 Å². The summed E-state index contributed by atoms with van der Waals surface area (Å²) in [6.45, 7) is 0.302. The molecule has 6 nitrogen and oxygen atoms in total. The van der Waals surface area contributed by atoms with Gasteiger partial charge in [0.2, 0.25) is 0 Å². The second-order valence-electron chi connectivity index (χ2n) is 6.87. The van der Waals surface area contributed by atoms with Gasteiger partial charge >= 0.3 is 0 Å². The lowest BCUT2D eigenvalue weighted by Gasteiger charge is -2.15. The van der Waals surface area contributed by atoms with Crippen molar-refractivity contribution >= 4 is 51.1 Å². The SMILES string of the molecule is COc1cc(/C=C2/C(=O)NN(c3ccccc3)C2=O)c(Br)c(Cl)c1OCc1ccccc1. The molecule has 3 aromatic rings. The molecule has 2 amide bonds. The summed E-state index contributed by atoms with van der Waals surface area (Å²) in [5.74, 6) is -0.232. The molecule has 1 saturated heterocycles. The minimum atomic E-state index is -0.509. The molecule has 8 heteroatoms. The number of hydrogen-bond acceptors (Lipinski definition) is 4.